The molecule has 0 aliphatic carbocycles. The number of benzene rings is 3. The number of esters is 1. The fourth-order valence-corrected chi connectivity index (χ4v) is 5.14. The Kier molecular flexibility index (Phi) is 6.93. The second-order valence-corrected chi connectivity index (χ2v) is 9.84. The van der Waals surface area contributed by atoms with E-state index in [1.807, 2.05) is 61.5 Å². The van der Waals surface area contributed by atoms with Crippen LogP contribution in [0.25, 0.3) is 6.08 Å². The van der Waals surface area contributed by atoms with Crippen molar-refractivity contribution in [2.24, 2.45) is 4.99 Å². The van der Waals surface area contributed by atoms with Gasteiger partial charge >= 0.3 is 5.97 Å². The van der Waals surface area contributed by atoms with Crippen LogP contribution in [0, 0.1) is 10.5 Å². The van der Waals surface area contributed by atoms with Crippen molar-refractivity contribution in [1.29, 1.82) is 0 Å². The Labute approximate surface area is 210 Å². The van der Waals surface area contributed by atoms with Crippen molar-refractivity contribution in [1.82, 2.24) is 0 Å². The zero-order chi connectivity index (χ0) is 22.0. The van der Waals surface area contributed by atoms with Crippen LogP contribution in [0.3, 0.4) is 0 Å². The predicted molar refractivity (Wildman–Crippen MR) is 137 cm³/mol. The minimum Gasteiger partial charge on any atom is -0.487 e. The van der Waals surface area contributed by atoms with Gasteiger partial charge in [-0.1, -0.05) is 30.3 Å². The smallest absolute Gasteiger partial charge is 0.363 e. The number of hydrogen-bond acceptors (Lipinski definition) is 4. The van der Waals surface area contributed by atoms with Crippen molar-refractivity contribution >= 4 is 72.4 Å². The highest BCUT2D eigenvalue weighted by atomic mass is 127. The number of hydrogen-bond donors (Lipinski definition) is 0. The van der Waals surface area contributed by atoms with Crippen LogP contribution in [0.1, 0.15) is 22.3 Å². The van der Waals surface area contributed by atoms with Crippen molar-refractivity contribution in [3.8, 4) is 5.75 Å². The number of aryl methyl sites for hydroxylation is 1. The number of halogens is 3. The number of cyclic esters (lactones) is 1. The molecule has 7 heteroatoms. The summed E-state index contributed by atoms with van der Waals surface area (Å²) in [6.45, 7) is 2.40. The fraction of sp³-hybridized carbons (Fsp3) is 0.0833. The van der Waals surface area contributed by atoms with Gasteiger partial charge in [0.1, 0.15) is 12.4 Å². The second kappa shape index (κ2) is 9.67. The van der Waals surface area contributed by atoms with E-state index in [0.717, 1.165) is 34.8 Å². The number of nitrogens with zero attached hydrogens (tertiary/aromatic N) is 1. The molecule has 4 rings (SSSR count). The first-order valence-corrected chi connectivity index (χ1v) is 12.0. The lowest BCUT2D eigenvalue weighted by atomic mass is 10.1. The molecule has 3 aromatic rings. The lowest BCUT2D eigenvalue weighted by Crippen LogP contribution is -2.06. The highest BCUT2D eigenvalue weighted by molar-refractivity contribution is 14.1. The van der Waals surface area contributed by atoms with Gasteiger partial charge in [0, 0.05) is 9.13 Å². The quantitative estimate of drug-likeness (QED) is 0.169. The van der Waals surface area contributed by atoms with Gasteiger partial charge in [0.25, 0.3) is 0 Å². The summed E-state index contributed by atoms with van der Waals surface area (Å²) in [6.07, 6.45) is 1.70. The van der Waals surface area contributed by atoms with E-state index in [1.165, 1.54) is 0 Å². The second-order valence-electron chi connectivity index (χ2n) is 6.88. The SMILES string of the molecule is Cc1ccccc1C1=N/C(=C\c2cc(Br)c(OCc3cccc(I)c3)c(Br)c2)C(=O)O1. The van der Waals surface area contributed by atoms with E-state index in [0.29, 0.717) is 18.3 Å². The Bertz CT molecular complexity index is 1210. The minimum atomic E-state index is -0.468. The molecule has 3 aromatic carbocycles. The molecule has 1 aliphatic heterocycles. The molecule has 0 N–H and O–H groups in total. The van der Waals surface area contributed by atoms with Crippen LogP contribution in [0.2, 0.25) is 0 Å². The number of carbonyl (C=O) groups excluding carboxylic acids is 1. The van der Waals surface area contributed by atoms with Gasteiger partial charge in [0.2, 0.25) is 5.90 Å². The van der Waals surface area contributed by atoms with Crippen LogP contribution in [0.5, 0.6) is 5.75 Å². The minimum absolute atomic E-state index is 0.254. The zero-order valence-electron chi connectivity index (χ0n) is 16.4. The van der Waals surface area contributed by atoms with Crippen LogP contribution >= 0.6 is 54.5 Å². The Morgan fingerprint density at radius 2 is 1.81 bits per heavy atom. The van der Waals surface area contributed by atoms with E-state index in [-0.39, 0.29) is 5.70 Å². The van der Waals surface area contributed by atoms with Crippen molar-refractivity contribution in [3.05, 3.63) is 101 Å². The molecule has 31 heavy (non-hydrogen) atoms. The molecule has 156 valence electrons. The van der Waals surface area contributed by atoms with E-state index in [4.69, 9.17) is 9.47 Å². The summed E-state index contributed by atoms with van der Waals surface area (Å²) >= 11 is 9.42. The normalized spacial score (nSPS) is 14.5. The van der Waals surface area contributed by atoms with Gasteiger partial charge in [0.05, 0.1) is 8.95 Å². The Morgan fingerprint density at radius 1 is 1.06 bits per heavy atom. The molecule has 0 bridgehead atoms. The Hall–Kier alpha value is -1.97. The molecule has 0 amide bonds. The highest BCUT2D eigenvalue weighted by Crippen LogP contribution is 2.36. The first kappa shape index (κ1) is 22.2. The Balaban J connectivity index is 1.57. The van der Waals surface area contributed by atoms with Crippen LogP contribution < -0.4 is 4.74 Å². The molecule has 0 fully saturated rings. The zero-order valence-corrected chi connectivity index (χ0v) is 21.7. The summed E-state index contributed by atoms with van der Waals surface area (Å²) in [5, 5.41) is 0. The maximum atomic E-state index is 12.3. The average Bonchev–Trinajstić information content (AvgIpc) is 3.08. The van der Waals surface area contributed by atoms with Crippen LogP contribution in [-0.4, -0.2) is 11.9 Å². The van der Waals surface area contributed by atoms with Crippen molar-refractivity contribution < 1.29 is 14.3 Å². The maximum absolute atomic E-state index is 12.3. The lowest BCUT2D eigenvalue weighted by Gasteiger charge is -2.12. The largest absolute Gasteiger partial charge is 0.487 e. The summed E-state index contributed by atoms with van der Waals surface area (Å²) in [6, 6.07) is 19.6. The van der Waals surface area contributed by atoms with E-state index in [2.05, 4.69) is 65.5 Å². The summed E-state index contributed by atoms with van der Waals surface area (Å²) in [5.41, 5.74) is 3.94. The van der Waals surface area contributed by atoms with E-state index in [1.54, 1.807) is 6.08 Å². The van der Waals surface area contributed by atoms with Crippen molar-refractivity contribution in [2.45, 2.75) is 13.5 Å². The first-order chi connectivity index (χ1) is 14.9. The van der Waals surface area contributed by atoms with Gasteiger partial charge in [-0.15, -0.1) is 0 Å². The van der Waals surface area contributed by atoms with Gasteiger partial charge in [-0.3, -0.25) is 0 Å². The molecule has 0 aromatic heterocycles. The molecule has 0 unspecified atom stereocenters. The van der Waals surface area contributed by atoms with Crippen molar-refractivity contribution in [2.75, 3.05) is 0 Å². The molecule has 4 nitrogen and oxygen atoms in total. The molecule has 0 atom stereocenters. The monoisotopic (exact) mass is 651 g/mol. The van der Waals surface area contributed by atoms with Gasteiger partial charge < -0.3 is 9.47 Å². The van der Waals surface area contributed by atoms with Crippen LogP contribution in [0.4, 0.5) is 0 Å². The molecule has 0 saturated heterocycles. The summed E-state index contributed by atoms with van der Waals surface area (Å²) < 4.78 is 14.1. The van der Waals surface area contributed by atoms with Gasteiger partial charge in [-0.05, 0) is 114 Å². The van der Waals surface area contributed by atoms with Crippen LogP contribution in [-0.2, 0) is 16.1 Å². The molecule has 0 saturated carbocycles. The Morgan fingerprint density at radius 3 is 2.52 bits per heavy atom. The number of ether oxygens (including phenoxy) is 2. The van der Waals surface area contributed by atoms with Crippen molar-refractivity contribution in [3.63, 3.8) is 0 Å². The summed E-state index contributed by atoms with van der Waals surface area (Å²) in [5.74, 6) is 0.550. The third kappa shape index (κ3) is 5.27. The average molecular weight is 653 g/mol. The van der Waals surface area contributed by atoms with E-state index >= 15 is 0 Å². The number of rotatable bonds is 5. The van der Waals surface area contributed by atoms with Gasteiger partial charge in [0.15, 0.2) is 5.70 Å². The molecular weight excluding hydrogens is 637 g/mol. The maximum Gasteiger partial charge on any atom is 0.363 e. The highest BCUT2D eigenvalue weighted by Gasteiger charge is 2.25. The first-order valence-electron chi connectivity index (χ1n) is 9.35. The number of aliphatic imine (C=N–C) groups is 1. The summed E-state index contributed by atoms with van der Waals surface area (Å²) in [7, 11) is 0. The van der Waals surface area contributed by atoms with Gasteiger partial charge in [-0.25, -0.2) is 9.79 Å². The molecule has 1 aliphatic rings. The molecule has 1 heterocycles. The molecule has 0 spiro atoms. The van der Waals surface area contributed by atoms with E-state index < -0.39 is 5.97 Å². The summed E-state index contributed by atoms with van der Waals surface area (Å²) in [4.78, 5) is 16.7. The lowest BCUT2D eigenvalue weighted by molar-refractivity contribution is -0.129. The molecule has 0 radical (unpaired) electrons. The van der Waals surface area contributed by atoms with Crippen LogP contribution in [0.15, 0.2) is 80.3 Å². The molecular formula is C24H16Br2INO3. The van der Waals surface area contributed by atoms with E-state index in [9.17, 15) is 4.79 Å². The third-order valence-electron chi connectivity index (χ3n) is 4.59. The third-order valence-corrected chi connectivity index (χ3v) is 6.44. The number of carbonyl (C=O) groups is 1. The predicted octanol–water partition coefficient (Wildman–Crippen LogP) is 7.05. The van der Waals surface area contributed by atoms with Gasteiger partial charge in [-0.2, -0.15) is 0 Å². The fourth-order valence-electron chi connectivity index (χ4n) is 3.08. The topological polar surface area (TPSA) is 47.9 Å². The standard InChI is InChI=1S/C24H16Br2INO3/c1-14-5-2-3-8-18(14)23-28-21(24(29)31-23)12-16-10-19(25)22(20(26)11-16)30-13-15-6-4-7-17(27)9-15/h2-12H,13H2,1H3/b21-12-.